The van der Waals surface area contributed by atoms with Crippen molar-refractivity contribution in [1.29, 1.82) is 0 Å². The van der Waals surface area contributed by atoms with Crippen LogP contribution < -0.4 is 0 Å². The Kier molecular flexibility index (Phi) is 2.73. The molecule has 0 bridgehead atoms. The molecule has 78 valence electrons. The Hall–Kier alpha value is -1.75. The van der Waals surface area contributed by atoms with Crippen LogP contribution in [-0.2, 0) is 4.74 Å². The largest absolute Gasteiger partial charge is 0.477 e. The second-order valence-corrected chi connectivity index (χ2v) is 3.12. The minimum atomic E-state index is -1.04. The summed E-state index contributed by atoms with van der Waals surface area (Å²) in [5.74, 6) is -0.551. The molecule has 0 atom stereocenters. The molecular formula is C10H10N2O3. The van der Waals surface area contributed by atoms with Gasteiger partial charge in [0.25, 0.3) is 0 Å². The fraction of sp³-hybridized carbons (Fsp3) is 0.300. The molecule has 0 amide bonds. The predicted molar refractivity (Wildman–Crippen MR) is 52.4 cm³/mol. The van der Waals surface area contributed by atoms with Gasteiger partial charge in [-0.05, 0) is 18.1 Å². The van der Waals surface area contributed by atoms with E-state index in [2.05, 4.69) is 9.97 Å². The molecule has 1 N–H and O–H groups in total. The molecule has 0 saturated carbocycles. The third-order valence-corrected chi connectivity index (χ3v) is 2.13. The van der Waals surface area contributed by atoms with Crippen molar-refractivity contribution in [2.24, 2.45) is 0 Å². The van der Waals surface area contributed by atoms with Gasteiger partial charge < -0.3 is 9.84 Å². The monoisotopic (exact) mass is 206 g/mol. The molecule has 1 aliphatic rings. The van der Waals surface area contributed by atoms with Gasteiger partial charge in [-0.3, -0.25) is 0 Å². The molecule has 15 heavy (non-hydrogen) atoms. The van der Waals surface area contributed by atoms with Crippen molar-refractivity contribution in [1.82, 2.24) is 9.97 Å². The number of carboxylic acid groups (broad SMARTS) is 1. The van der Waals surface area contributed by atoms with Gasteiger partial charge >= 0.3 is 5.97 Å². The maximum absolute atomic E-state index is 10.7. The number of rotatable bonds is 2. The molecule has 5 heteroatoms. The lowest BCUT2D eigenvalue weighted by molar-refractivity contribution is 0.0690. The fourth-order valence-corrected chi connectivity index (χ4v) is 1.36. The van der Waals surface area contributed by atoms with Gasteiger partial charge in [0.1, 0.15) is 0 Å². The van der Waals surface area contributed by atoms with E-state index in [0.717, 1.165) is 12.0 Å². The van der Waals surface area contributed by atoms with Gasteiger partial charge in [0.05, 0.1) is 13.2 Å². The van der Waals surface area contributed by atoms with Crippen LogP contribution in [0.2, 0.25) is 0 Å². The van der Waals surface area contributed by atoms with E-state index in [0.29, 0.717) is 19.0 Å². The molecule has 0 radical (unpaired) electrons. The summed E-state index contributed by atoms with van der Waals surface area (Å²) >= 11 is 0. The van der Waals surface area contributed by atoms with Crippen molar-refractivity contribution in [3.8, 4) is 0 Å². The minimum Gasteiger partial charge on any atom is -0.477 e. The van der Waals surface area contributed by atoms with E-state index < -0.39 is 5.97 Å². The first-order chi connectivity index (χ1) is 7.27. The Morgan fingerprint density at radius 3 is 3.07 bits per heavy atom. The highest BCUT2D eigenvalue weighted by Gasteiger charge is 2.11. The number of aromatic nitrogens is 2. The van der Waals surface area contributed by atoms with Crippen molar-refractivity contribution in [2.75, 3.05) is 13.2 Å². The molecule has 2 rings (SSSR count). The van der Waals surface area contributed by atoms with Crippen LogP contribution in [0, 0.1) is 0 Å². The Morgan fingerprint density at radius 1 is 1.53 bits per heavy atom. The van der Waals surface area contributed by atoms with Crippen molar-refractivity contribution in [3.05, 3.63) is 29.9 Å². The SMILES string of the molecule is O=C(O)c1ccnc(C2=CCOCC2)n1. The van der Waals surface area contributed by atoms with Crippen molar-refractivity contribution in [2.45, 2.75) is 6.42 Å². The van der Waals surface area contributed by atoms with Crippen LogP contribution in [0.1, 0.15) is 22.7 Å². The van der Waals surface area contributed by atoms with E-state index in [1.807, 2.05) is 6.08 Å². The van der Waals surface area contributed by atoms with E-state index in [1.165, 1.54) is 12.3 Å². The first-order valence-electron chi connectivity index (χ1n) is 4.61. The predicted octanol–water partition coefficient (Wildman–Crippen LogP) is 0.978. The molecule has 1 aromatic heterocycles. The van der Waals surface area contributed by atoms with Crippen LogP contribution in [-0.4, -0.2) is 34.3 Å². The number of hydrogen-bond donors (Lipinski definition) is 1. The average molecular weight is 206 g/mol. The maximum Gasteiger partial charge on any atom is 0.354 e. The summed E-state index contributed by atoms with van der Waals surface area (Å²) in [7, 11) is 0. The highest BCUT2D eigenvalue weighted by Crippen LogP contribution is 2.17. The lowest BCUT2D eigenvalue weighted by Gasteiger charge is -2.11. The van der Waals surface area contributed by atoms with E-state index >= 15 is 0 Å². The molecule has 0 aromatic carbocycles. The summed E-state index contributed by atoms with van der Waals surface area (Å²) in [5, 5.41) is 8.77. The van der Waals surface area contributed by atoms with Crippen molar-refractivity contribution >= 4 is 11.5 Å². The first-order valence-corrected chi connectivity index (χ1v) is 4.61. The lowest BCUT2D eigenvalue weighted by Crippen LogP contribution is -2.09. The Bertz CT molecular complexity index is 415. The second kappa shape index (κ2) is 4.18. The zero-order valence-electron chi connectivity index (χ0n) is 8.01. The summed E-state index contributed by atoms with van der Waals surface area (Å²) in [6, 6.07) is 1.38. The zero-order valence-corrected chi connectivity index (χ0v) is 8.01. The standard InChI is InChI=1S/C10H10N2O3/c13-10(14)8-1-4-11-9(12-8)7-2-5-15-6-3-7/h1-2,4H,3,5-6H2,(H,13,14). The molecule has 0 spiro atoms. The van der Waals surface area contributed by atoms with Crippen LogP contribution in [0.4, 0.5) is 0 Å². The quantitative estimate of drug-likeness (QED) is 0.780. The molecule has 0 aliphatic carbocycles. The Morgan fingerprint density at radius 2 is 2.40 bits per heavy atom. The van der Waals surface area contributed by atoms with Crippen molar-refractivity contribution < 1.29 is 14.6 Å². The number of carboxylic acids is 1. The molecule has 0 saturated heterocycles. The van der Waals surface area contributed by atoms with E-state index in [4.69, 9.17) is 9.84 Å². The summed E-state index contributed by atoms with van der Waals surface area (Å²) in [5.41, 5.74) is 0.969. The van der Waals surface area contributed by atoms with E-state index in [-0.39, 0.29) is 5.69 Å². The second-order valence-electron chi connectivity index (χ2n) is 3.12. The number of ether oxygens (including phenoxy) is 1. The molecule has 0 fully saturated rings. The summed E-state index contributed by atoms with van der Waals surface area (Å²) in [4.78, 5) is 18.7. The highest BCUT2D eigenvalue weighted by molar-refractivity contribution is 5.85. The molecule has 5 nitrogen and oxygen atoms in total. The maximum atomic E-state index is 10.7. The van der Waals surface area contributed by atoms with Crippen LogP contribution in [0.15, 0.2) is 18.3 Å². The number of hydrogen-bond acceptors (Lipinski definition) is 4. The number of nitrogens with zero attached hydrogens (tertiary/aromatic N) is 2. The van der Waals surface area contributed by atoms with Gasteiger partial charge in [-0.25, -0.2) is 14.8 Å². The fourth-order valence-electron chi connectivity index (χ4n) is 1.36. The third kappa shape index (κ3) is 2.19. The lowest BCUT2D eigenvalue weighted by atomic mass is 10.1. The van der Waals surface area contributed by atoms with Crippen LogP contribution in [0.25, 0.3) is 5.57 Å². The Labute approximate surface area is 86.4 Å². The van der Waals surface area contributed by atoms with Crippen LogP contribution in [0.3, 0.4) is 0 Å². The van der Waals surface area contributed by atoms with Gasteiger partial charge in [0, 0.05) is 6.20 Å². The van der Waals surface area contributed by atoms with Crippen LogP contribution in [0.5, 0.6) is 0 Å². The molecule has 2 heterocycles. The zero-order chi connectivity index (χ0) is 10.7. The first kappa shape index (κ1) is 9.79. The smallest absolute Gasteiger partial charge is 0.354 e. The minimum absolute atomic E-state index is 0.0207. The van der Waals surface area contributed by atoms with Gasteiger partial charge in [0.2, 0.25) is 0 Å². The van der Waals surface area contributed by atoms with Gasteiger partial charge in [-0.15, -0.1) is 0 Å². The van der Waals surface area contributed by atoms with Gasteiger partial charge in [0.15, 0.2) is 11.5 Å². The normalized spacial score (nSPS) is 15.9. The Balaban J connectivity index is 2.31. The summed E-state index contributed by atoms with van der Waals surface area (Å²) in [6.07, 6.45) is 4.07. The number of carbonyl (C=O) groups is 1. The summed E-state index contributed by atoms with van der Waals surface area (Å²) < 4.78 is 5.15. The average Bonchev–Trinajstić information content (AvgIpc) is 2.30. The third-order valence-electron chi connectivity index (χ3n) is 2.13. The highest BCUT2D eigenvalue weighted by atomic mass is 16.5. The van der Waals surface area contributed by atoms with Gasteiger partial charge in [-0.1, -0.05) is 6.08 Å². The summed E-state index contributed by atoms with van der Waals surface area (Å²) in [6.45, 7) is 1.17. The van der Waals surface area contributed by atoms with E-state index in [1.54, 1.807) is 0 Å². The molecular weight excluding hydrogens is 196 g/mol. The van der Waals surface area contributed by atoms with Crippen molar-refractivity contribution in [3.63, 3.8) is 0 Å². The molecule has 1 aromatic rings. The van der Waals surface area contributed by atoms with Crippen LogP contribution >= 0.6 is 0 Å². The molecule has 0 unspecified atom stereocenters. The van der Waals surface area contributed by atoms with E-state index in [9.17, 15) is 4.79 Å². The van der Waals surface area contributed by atoms with Gasteiger partial charge in [-0.2, -0.15) is 0 Å². The molecule has 1 aliphatic heterocycles. The number of aromatic carboxylic acids is 1. The topological polar surface area (TPSA) is 72.3 Å².